The molecule has 3 rings (SSSR count). The number of anilines is 1. The van der Waals surface area contributed by atoms with Crippen molar-refractivity contribution in [2.24, 2.45) is 0 Å². The van der Waals surface area contributed by atoms with Crippen LogP contribution in [0.4, 0.5) is 5.82 Å². The van der Waals surface area contributed by atoms with Crippen molar-refractivity contribution in [2.45, 2.75) is 38.3 Å². The minimum Gasteiger partial charge on any atom is -0.508 e. The van der Waals surface area contributed by atoms with Crippen molar-refractivity contribution >= 4 is 28.6 Å². The maximum atomic E-state index is 10.3. The van der Waals surface area contributed by atoms with Crippen LogP contribution in [-0.2, 0) is 24.3 Å². The van der Waals surface area contributed by atoms with Gasteiger partial charge >= 0.3 is 0 Å². The molecule has 0 spiro atoms. The van der Waals surface area contributed by atoms with Crippen molar-refractivity contribution in [1.29, 1.82) is 0 Å². The topological polar surface area (TPSA) is 100 Å². The first-order valence-electron chi connectivity index (χ1n) is 9.69. The lowest BCUT2D eigenvalue weighted by atomic mass is 10.1. The number of nitrogens with zero attached hydrogens (tertiary/aromatic N) is 3. The van der Waals surface area contributed by atoms with E-state index < -0.39 is 0 Å². The standard InChI is InChI=1S/C21H29N5O2S/c1-5-28-12-17-24-18-19(25-17)21(22)23-13(2)20(18)29-9-8-14-6-7-15(11-26(3)4)16(27)10-14/h6-7,10,27H,5,8-9,11-12H2,1-4H3,(H2,22,23)(H,24,25). The molecule has 7 nitrogen and oxygen atoms in total. The van der Waals surface area contributed by atoms with Crippen LogP contribution in [0.2, 0.25) is 0 Å². The van der Waals surface area contributed by atoms with Gasteiger partial charge in [-0.3, -0.25) is 0 Å². The fourth-order valence-electron chi connectivity index (χ4n) is 3.19. The van der Waals surface area contributed by atoms with Crippen molar-refractivity contribution < 1.29 is 9.84 Å². The molecule has 0 aliphatic heterocycles. The number of H-pyrrole nitrogens is 1. The second-order valence-electron chi connectivity index (χ2n) is 7.26. The maximum Gasteiger partial charge on any atom is 0.151 e. The molecule has 0 radical (unpaired) electrons. The van der Waals surface area contributed by atoms with Gasteiger partial charge in [0.25, 0.3) is 0 Å². The summed E-state index contributed by atoms with van der Waals surface area (Å²) in [6.07, 6.45) is 0.839. The van der Waals surface area contributed by atoms with E-state index in [1.807, 2.05) is 45.0 Å². The van der Waals surface area contributed by atoms with Gasteiger partial charge in [0.15, 0.2) is 5.82 Å². The molecule has 29 heavy (non-hydrogen) atoms. The summed E-state index contributed by atoms with van der Waals surface area (Å²) < 4.78 is 5.45. The molecule has 3 aromatic rings. The van der Waals surface area contributed by atoms with Crippen molar-refractivity contribution in [3.05, 3.63) is 40.8 Å². The summed E-state index contributed by atoms with van der Waals surface area (Å²) in [5.74, 6) is 2.39. The number of aromatic hydroxyl groups is 1. The molecule has 0 bridgehead atoms. The number of aromatic amines is 1. The molecule has 2 heterocycles. The number of ether oxygens (including phenoxy) is 1. The Kier molecular flexibility index (Phi) is 7.00. The Morgan fingerprint density at radius 3 is 2.76 bits per heavy atom. The first kappa shape index (κ1) is 21.4. The van der Waals surface area contributed by atoms with Crippen LogP contribution in [-0.4, -0.2) is 51.4 Å². The molecule has 4 N–H and O–H groups in total. The van der Waals surface area contributed by atoms with E-state index in [1.54, 1.807) is 11.8 Å². The second-order valence-corrected chi connectivity index (χ2v) is 8.36. The SMILES string of the molecule is CCOCc1nc2c(N)nc(C)c(SCCc3ccc(CN(C)C)c(O)c3)c2[nH]1. The Morgan fingerprint density at radius 2 is 2.07 bits per heavy atom. The normalized spacial score (nSPS) is 11.6. The molecule has 0 saturated carbocycles. The average Bonchev–Trinajstić information content (AvgIpc) is 3.09. The first-order chi connectivity index (χ1) is 13.9. The van der Waals surface area contributed by atoms with E-state index in [1.165, 1.54) is 0 Å². The smallest absolute Gasteiger partial charge is 0.151 e. The van der Waals surface area contributed by atoms with Gasteiger partial charge in [-0.2, -0.15) is 0 Å². The quantitative estimate of drug-likeness (QED) is 0.460. The molecular formula is C21H29N5O2S. The van der Waals surface area contributed by atoms with Gasteiger partial charge in [0, 0.05) is 24.5 Å². The highest BCUT2D eigenvalue weighted by Gasteiger charge is 2.15. The van der Waals surface area contributed by atoms with Crippen molar-refractivity contribution in [2.75, 3.05) is 32.2 Å². The summed E-state index contributed by atoms with van der Waals surface area (Å²) >= 11 is 1.72. The third kappa shape index (κ3) is 5.20. The Bertz CT molecular complexity index is 987. The van der Waals surface area contributed by atoms with Crippen molar-refractivity contribution in [3.8, 4) is 5.75 Å². The van der Waals surface area contributed by atoms with Crippen LogP contribution in [0.3, 0.4) is 0 Å². The molecule has 0 saturated heterocycles. The fraction of sp³-hybridized carbons (Fsp3) is 0.429. The highest BCUT2D eigenvalue weighted by Crippen LogP contribution is 2.32. The number of hydrogen-bond donors (Lipinski definition) is 3. The molecular weight excluding hydrogens is 386 g/mol. The number of nitrogens with two attached hydrogens (primary N) is 1. The number of aryl methyl sites for hydroxylation is 2. The number of hydrogen-bond acceptors (Lipinski definition) is 7. The zero-order valence-corrected chi connectivity index (χ0v) is 18.3. The van der Waals surface area contributed by atoms with Gasteiger partial charge in [-0.25, -0.2) is 9.97 Å². The number of benzene rings is 1. The number of nitrogens with one attached hydrogen (secondary N) is 1. The van der Waals surface area contributed by atoms with E-state index in [4.69, 9.17) is 10.5 Å². The van der Waals surface area contributed by atoms with E-state index in [9.17, 15) is 5.11 Å². The lowest BCUT2D eigenvalue weighted by molar-refractivity contribution is 0.129. The second kappa shape index (κ2) is 9.47. The molecule has 0 amide bonds. The maximum absolute atomic E-state index is 10.3. The number of aromatic nitrogens is 3. The third-order valence-electron chi connectivity index (χ3n) is 4.56. The molecule has 156 valence electrons. The number of imidazole rings is 1. The predicted octanol–water partition coefficient (Wildman–Crippen LogP) is 3.49. The van der Waals surface area contributed by atoms with Crippen LogP contribution in [0, 0.1) is 6.92 Å². The van der Waals surface area contributed by atoms with Gasteiger partial charge in [0.1, 0.15) is 23.7 Å². The van der Waals surface area contributed by atoms with Crippen LogP contribution < -0.4 is 5.73 Å². The van der Waals surface area contributed by atoms with Gasteiger partial charge < -0.3 is 25.5 Å². The Morgan fingerprint density at radius 1 is 1.28 bits per heavy atom. The van der Waals surface area contributed by atoms with Gasteiger partial charge in [0.2, 0.25) is 0 Å². The van der Waals surface area contributed by atoms with Gasteiger partial charge in [-0.15, -0.1) is 11.8 Å². The molecule has 0 unspecified atom stereocenters. The zero-order chi connectivity index (χ0) is 21.0. The summed E-state index contributed by atoms with van der Waals surface area (Å²) in [6, 6.07) is 5.94. The molecule has 0 aliphatic rings. The first-order valence-corrected chi connectivity index (χ1v) is 10.7. The van der Waals surface area contributed by atoms with Gasteiger partial charge in [0.05, 0.1) is 16.1 Å². The lowest BCUT2D eigenvalue weighted by Gasteiger charge is -2.12. The minimum absolute atomic E-state index is 0.350. The summed E-state index contributed by atoms with van der Waals surface area (Å²) in [4.78, 5) is 15.4. The summed E-state index contributed by atoms with van der Waals surface area (Å²) in [6.45, 7) is 5.69. The van der Waals surface area contributed by atoms with Gasteiger partial charge in [-0.1, -0.05) is 12.1 Å². The lowest BCUT2D eigenvalue weighted by Crippen LogP contribution is -2.10. The highest BCUT2D eigenvalue weighted by atomic mass is 32.2. The predicted molar refractivity (Wildman–Crippen MR) is 118 cm³/mol. The van der Waals surface area contributed by atoms with Crippen LogP contribution >= 0.6 is 11.8 Å². The fourth-order valence-corrected chi connectivity index (χ4v) is 4.28. The largest absolute Gasteiger partial charge is 0.508 e. The Hall–Kier alpha value is -2.29. The average molecular weight is 416 g/mol. The third-order valence-corrected chi connectivity index (χ3v) is 5.75. The van der Waals surface area contributed by atoms with Crippen LogP contribution in [0.5, 0.6) is 5.75 Å². The van der Waals surface area contributed by atoms with Crippen LogP contribution in [0.15, 0.2) is 23.1 Å². The summed E-state index contributed by atoms with van der Waals surface area (Å²) in [7, 11) is 3.98. The summed E-state index contributed by atoms with van der Waals surface area (Å²) in [5.41, 5.74) is 10.6. The monoisotopic (exact) mass is 415 g/mol. The van der Waals surface area contributed by atoms with Crippen LogP contribution in [0.25, 0.3) is 11.0 Å². The van der Waals surface area contributed by atoms with E-state index in [2.05, 4.69) is 21.0 Å². The molecule has 0 atom stereocenters. The number of nitrogen functional groups attached to an aromatic ring is 1. The Balaban J connectivity index is 1.73. The molecule has 0 aliphatic carbocycles. The zero-order valence-electron chi connectivity index (χ0n) is 17.5. The number of fused-ring (bicyclic) bond motifs is 1. The molecule has 0 fully saturated rings. The van der Waals surface area contributed by atoms with Crippen molar-refractivity contribution in [3.63, 3.8) is 0 Å². The molecule has 8 heteroatoms. The molecule has 2 aromatic heterocycles. The van der Waals surface area contributed by atoms with Crippen molar-refractivity contribution in [1.82, 2.24) is 19.9 Å². The van der Waals surface area contributed by atoms with E-state index >= 15 is 0 Å². The van der Waals surface area contributed by atoms with E-state index in [-0.39, 0.29) is 0 Å². The molecule has 1 aromatic carbocycles. The number of phenolic OH excluding ortho intramolecular Hbond substituents is 1. The number of thioether (sulfide) groups is 1. The minimum atomic E-state index is 0.350. The van der Waals surface area contributed by atoms with Gasteiger partial charge in [-0.05, 0) is 46.0 Å². The highest BCUT2D eigenvalue weighted by molar-refractivity contribution is 7.99. The summed E-state index contributed by atoms with van der Waals surface area (Å²) in [5, 5.41) is 10.3. The number of phenols is 1. The van der Waals surface area contributed by atoms with E-state index in [0.29, 0.717) is 30.3 Å². The Labute approximate surface area is 175 Å². The van der Waals surface area contributed by atoms with Crippen LogP contribution in [0.1, 0.15) is 29.6 Å². The number of rotatable bonds is 9. The number of pyridine rings is 1. The van der Waals surface area contributed by atoms with E-state index in [0.717, 1.165) is 51.8 Å².